The van der Waals surface area contributed by atoms with Crippen molar-refractivity contribution in [2.24, 2.45) is 5.73 Å². The van der Waals surface area contributed by atoms with Gasteiger partial charge in [-0.1, -0.05) is 17.7 Å². The van der Waals surface area contributed by atoms with Gasteiger partial charge in [-0.25, -0.2) is 0 Å². The predicted octanol–water partition coefficient (Wildman–Crippen LogP) is 1.30. The topological polar surface area (TPSA) is 46.3 Å². The first-order valence-electron chi connectivity index (χ1n) is 5.00. The summed E-state index contributed by atoms with van der Waals surface area (Å²) in [5.41, 5.74) is 7.26. The predicted molar refractivity (Wildman–Crippen MR) is 60.1 cm³/mol. The van der Waals surface area contributed by atoms with Gasteiger partial charge in [-0.05, 0) is 24.1 Å². The van der Waals surface area contributed by atoms with E-state index in [0.29, 0.717) is 18.1 Å². The van der Waals surface area contributed by atoms with Crippen LogP contribution in [0.15, 0.2) is 18.2 Å². The van der Waals surface area contributed by atoms with Gasteiger partial charge in [0, 0.05) is 30.2 Å². The Kier molecular flexibility index (Phi) is 2.93. The molecule has 1 aliphatic rings. The van der Waals surface area contributed by atoms with Crippen molar-refractivity contribution in [2.45, 2.75) is 6.42 Å². The average molecular weight is 225 g/mol. The van der Waals surface area contributed by atoms with Crippen LogP contribution in [0.1, 0.15) is 15.9 Å². The number of benzene rings is 1. The van der Waals surface area contributed by atoms with Gasteiger partial charge in [0.15, 0.2) is 0 Å². The summed E-state index contributed by atoms with van der Waals surface area (Å²) >= 11 is 5.87. The summed E-state index contributed by atoms with van der Waals surface area (Å²) in [5, 5.41) is 0.608. The summed E-state index contributed by atoms with van der Waals surface area (Å²) in [4.78, 5) is 13.7. The van der Waals surface area contributed by atoms with Crippen LogP contribution >= 0.6 is 11.6 Å². The normalized spacial score (nSPS) is 15.3. The zero-order valence-corrected chi connectivity index (χ0v) is 9.13. The minimum absolute atomic E-state index is 0.0456. The van der Waals surface area contributed by atoms with E-state index in [1.165, 1.54) is 0 Å². The maximum atomic E-state index is 12.0. The number of rotatable bonds is 2. The van der Waals surface area contributed by atoms with E-state index in [4.69, 9.17) is 17.3 Å². The van der Waals surface area contributed by atoms with Crippen LogP contribution in [-0.4, -0.2) is 30.4 Å². The minimum Gasteiger partial charge on any atom is -0.337 e. The van der Waals surface area contributed by atoms with Crippen LogP contribution in [0, 0.1) is 0 Å². The van der Waals surface area contributed by atoms with Crippen LogP contribution < -0.4 is 5.73 Å². The van der Waals surface area contributed by atoms with Crippen molar-refractivity contribution in [1.82, 2.24) is 4.90 Å². The van der Waals surface area contributed by atoms with Crippen molar-refractivity contribution in [3.63, 3.8) is 0 Å². The molecule has 1 aromatic rings. The van der Waals surface area contributed by atoms with E-state index in [1.54, 1.807) is 11.0 Å². The molecule has 2 rings (SSSR count). The second-order valence-corrected chi connectivity index (χ2v) is 4.07. The molecule has 0 aliphatic carbocycles. The highest BCUT2D eigenvalue weighted by Crippen LogP contribution is 2.22. The molecule has 1 aromatic carbocycles. The Labute approximate surface area is 93.8 Å². The van der Waals surface area contributed by atoms with Crippen LogP contribution in [0.4, 0.5) is 0 Å². The molecule has 0 spiro atoms. The average Bonchev–Trinajstić information content (AvgIpc) is 2.23. The Bertz CT molecular complexity index is 392. The maximum absolute atomic E-state index is 12.0. The second-order valence-electron chi connectivity index (χ2n) is 3.63. The van der Waals surface area contributed by atoms with Gasteiger partial charge in [-0.2, -0.15) is 0 Å². The summed E-state index contributed by atoms with van der Waals surface area (Å²) in [7, 11) is 0. The van der Waals surface area contributed by atoms with Crippen molar-refractivity contribution >= 4 is 17.5 Å². The van der Waals surface area contributed by atoms with E-state index in [1.807, 2.05) is 12.1 Å². The first kappa shape index (κ1) is 10.5. The van der Waals surface area contributed by atoms with Crippen LogP contribution in [0.2, 0.25) is 5.02 Å². The van der Waals surface area contributed by atoms with E-state index in [0.717, 1.165) is 24.1 Å². The molecule has 80 valence electrons. The fourth-order valence-corrected chi connectivity index (χ4v) is 2.03. The number of hydrogen-bond donors (Lipinski definition) is 1. The SMILES string of the molecule is NCCN1CCc2ccc(Cl)cc2C1=O. The van der Waals surface area contributed by atoms with Crippen LogP contribution in [0.25, 0.3) is 0 Å². The summed E-state index contributed by atoms with van der Waals surface area (Å²) in [5.74, 6) is 0.0456. The van der Waals surface area contributed by atoms with E-state index >= 15 is 0 Å². The summed E-state index contributed by atoms with van der Waals surface area (Å²) < 4.78 is 0. The third-order valence-corrected chi connectivity index (χ3v) is 2.87. The molecule has 0 aromatic heterocycles. The highest BCUT2D eigenvalue weighted by molar-refractivity contribution is 6.31. The standard InChI is InChI=1S/C11H13ClN2O/c12-9-2-1-8-3-5-14(6-4-13)11(15)10(8)7-9/h1-2,7H,3-6,13H2. The Morgan fingerprint density at radius 3 is 3.00 bits per heavy atom. The largest absolute Gasteiger partial charge is 0.337 e. The molecule has 1 aliphatic heterocycles. The molecule has 2 N–H and O–H groups in total. The summed E-state index contributed by atoms with van der Waals surface area (Å²) in [6.07, 6.45) is 0.887. The molecule has 1 heterocycles. The van der Waals surface area contributed by atoms with Crippen LogP contribution in [0.3, 0.4) is 0 Å². The zero-order valence-electron chi connectivity index (χ0n) is 8.37. The van der Waals surface area contributed by atoms with E-state index in [9.17, 15) is 4.79 Å². The molecular formula is C11H13ClN2O. The molecular weight excluding hydrogens is 212 g/mol. The number of nitrogens with two attached hydrogens (primary N) is 1. The number of carbonyl (C=O) groups excluding carboxylic acids is 1. The van der Waals surface area contributed by atoms with Gasteiger partial charge < -0.3 is 10.6 Å². The minimum atomic E-state index is 0.0456. The summed E-state index contributed by atoms with van der Waals surface area (Å²) in [6.45, 7) is 1.87. The first-order valence-corrected chi connectivity index (χ1v) is 5.38. The third kappa shape index (κ3) is 1.98. The molecule has 0 atom stereocenters. The molecule has 0 saturated carbocycles. The van der Waals surface area contributed by atoms with Gasteiger partial charge in [0.05, 0.1) is 0 Å². The molecule has 0 fully saturated rings. The van der Waals surface area contributed by atoms with Crippen molar-refractivity contribution < 1.29 is 4.79 Å². The van der Waals surface area contributed by atoms with Crippen molar-refractivity contribution in [3.8, 4) is 0 Å². The smallest absolute Gasteiger partial charge is 0.254 e. The van der Waals surface area contributed by atoms with Gasteiger partial charge >= 0.3 is 0 Å². The molecule has 0 unspecified atom stereocenters. The number of nitrogens with zero attached hydrogens (tertiary/aromatic N) is 1. The Balaban J connectivity index is 2.32. The molecule has 0 saturated heterocycles. The Morgan fingerprint density at radius 2 is 2.27 bits per heavy atom. The van der Waals surface area contributed by atoms with E-state index in [-0.39, 0.29) is 5.91 Å². The lowest BCUT2D eigenvalue weighted by molar-refractivity contribution is 0.0745. The lowest BCUT2D eigenvalue weighted by Crippen LogP contribution is -2.40. The Morgan fingerprint density at radius 1 is 1.47 bits per heavy atom. The van der Waals surface area contributed by atoms with Crippen molar-refractivity contribution in [1.29, 1.82) is 0 Å². The van der Waals surface area contributed by atoms with Crippen molar-refractivity contribution in [3.05, 3.63) is 34.3 Å². The molecule has 3 nitrogen and oxygen atoms in total. The maximum Gasteiger partial charge on any atom is 0.254 e. The quantitative estimate of drug-likeness (QED) is 0.823. The van der Waals surface area contributed by atoms with Crippen molar-refractivity contribution in [2.75, 3.05) is 19.6 Å². The number of fused-ring (bicyclic) bond motifs is 1. The lowest BCUT2D eigenvalue weighted by Gasteiger charge is -2.28. The van der Waals surface area contributed by atoms with Gasteiger partial charge in [-0.3, -0.25) is 4.79 Å². The number of halogens is 1. The monoisotopic (exact) mass is 224 g/mol. The third-order valence-electron chi connectivity index (χ3n) is 2.64. The fourth-order valence-electron chi connectivity index (χ4n) is 1.86. The lowest BCUT2D eigenvalue weighted by atomic mass is 9.99. The second kappa shape index (κ2) is 4.21. The summed E-state index contributed by atoms with van der Waals surface area (Å²) in [6, 6.07) is 5.49. The molecule has 0 radical (unpaired) electrons. The van der Waals surface area contributed by atoms with E-state index < -0.39 is 0 Å². The van der Waals surface area contributed by atoms with Gasteiger partial charge in [0.25, 0.3) is 5.91 Å². The molecule has 1 amide bonds. The van der Waals surface area contributed by atoms with Crippen LogP contribution in [-0.2, 0) is 6.42 Å². The molecule has 0 bridgehead atoms. The highest BCUT2D eigenvalue weighted by atomic mass is 35.5. The van der Waals surface area contributed by atoms with Gasteiger partial charge in [0.1, 0.15) is 0 Å². The number of carbonyl (C=O) groups is 1. The van der Waals surface area contributed by atoms with Crippen LogP contribution in [0.5, 0.6) is 0 Å². The molecule has 15 heavy (non-hydrogen) atoms. The van der Waals surface area contributed by atoms with Gasteiger partial charge in [0.2, 0.25) is 0 Å². The fraction of sp³-hybridized carbons (Fsp3) is 0.364. The Hall–Kier alpha value is -1.06. The number of amides is 1. The zero-order chi connectivity index (χ0) is 10.8. The molecule has 4 heteroatoms. The number of hydrogen-bond acceptors (Lipinski definition) is 2. The van der Waals surface area contributed by atoms with E-state index in [2.05, 4.69) is 0 Å². The van der Waals surface area contributed by atoms with Gasteiger partial charge in [-0.15, -0.1) is 0 Å². The first-order chi connectivity index (χ1) is 7.22. The highest BCUT2D eigenvalue weighted by Gasteiger charge is 2.23.